The molecule has 1 saturated heterocycles. The van der Waals surface area contributed by atoms with Gasteiger partial charge in [0.2, 0.25) is 0 Å². The second-order valence-corrected chi connectivity index (χ2v) is 6.85. The molecule has 21 heavy (non-hydrogen) atoms. The van der Waals surface area contributed by atoms with Gasteiger partial charge in [0.05, 0.1) is 6.42 Å². The second-order valence-electron chi connectivity index (χ2n) is 6.85. The molecule has 1 aromatic carbocycles. The maximum Gasteiger partial charge on any atom is 0.307 e. The van der Waals surface area contributed by atoms with E-state index in [-0.39, 0.29) is 17.0 Å². The van der Waals surface area contributed by atoms with Crippen molar-refractivity contribution in [2.24, 2.45) is 0 Å². The lowest BCUT2D eigenvalue weighted by molar-refractivity contribution is -0.149. The van der Waals surface area contributed by atoms with Crippen LogP contribution in [0.2, 0.25) is 0 Å². The van der Waals surface area contributed by atoms with Crippen LogP contribution in [0.25, 0.3) is 0 Å². The Morgan fingerprint density at radius 3 is 2.43 bits per heavy atom. The Kier molecular flexibility index (Phi) is 3.78. The number of hydrogen-bond donors (Lipinski definition) is 0. The number of benzene rings is 1. The van der Waals surface area contributed by atoms with Crippen LogP contribution in [-0.2, 0) is 14.9 Å². The molecule has 0 amide bonds. The van der Waals surface area contributed by atoms with Gasteiger partial charge in [-0.3, -0.25) is 4.79 Å². The van der Waals surface area contributed by atoms with E-state index < -0.39 is 0 Å². The van der Waals surface area contributed by atoms with Gasteiger partial charge in [0, 0.05) is 5.41 Å². The molecule has 1 aliphatic heterocycles. The molecule has 3 rings (SSSR count). The van der Waals surface area contributed by atoms with E-state index in [1.54, 1.807) is 0 Å². The average molecular weight is 287 g/mol. The molecule has 1 aliphatic carbocycles. The van der Waals surface area contributed by atoms with Crippen molar-refractivity contribution in [2.75, 3.05) is 20.6 Å². The highest BCUT2D eigenvalue weighted by Crippen LogP contribution is 2.56. The summed E-state index contributed by atoms with van der Waals surface area (Å²) in [6.07, 6.45) is 5.89. The predicted octanol–water partition coefficient (Wildman–Crippen LogP) is 3.14. The smallest absolute Gasteiger partial charge is 0.307 e. The van der Waals surface area contributed by atoms with Gasteiger partial charge >= 0.3 is 5.97 Å². The predicted molar refractivity (Wildman–Crippen MR) is 83.2 cm³/mol. The molecular formula is C18H25NO2. The lowest BCUT2D eigenvalue weighted by atomic mass is 9.64. The number of carbonyl (C=O) groups excluding carboxylic acids is 1. The molecule has 114 valence electrons. The zero-order valence-corrected chi connectivity index (χ0v) is 13.1. The molecule has 3 heteroatoms. The monoisotopic (exact) mass is 287 g/mol. The van der Waals surface area contributed by atoms with Gasteiger partial charge in [-0.25, -0.2) is 0 Å². The number of ether oxygens (including phenoxy) is 1. The van der Waals surface area contributed by atoms with Crippen molar-refractivity contribution < 1.29 is 9.53 Å². The summed E-state index contributed by atoms with van der Waals surface area (Å²) in [5.74, 6) is -0.0143. The van der Waals surface area contributed by atoms with E-state index in [9.17, 15) is 4.79 Å². The maximum atomic E-state index is 12.2. The molecular weight excluding hydrogens is 262 g/mol. The van der Waals surface area contributed by atoms with E-state index in [0.717, 1.165) is 25.8 Å². The Labute approximate surface area is 127 Å². The van der Waals surface area contributed by atoms with Crippen molar-refractivity contribution in [3.05, 3.63) is 35.9 Å². The number of carbonyl (C=O) groups is 1. The van der Waals surface area contributed by atoms with Crippen molar-refractivity contribution in [3.8, 4) is 0 Å². The van der Waals surface area contributed by atoms with Crippen molar-refractivity contribution in [2.45, 2.75) is 49.5 Å². The fourth-order valence-electron chi connectivity index (χ4n) is 4.28. The molecule has 1 unspecified atom stereocenters. The van der Waals surface area contributed by atoms with Gasteiger partial charge in [0.25, 0.3) is 0 Å². The van der Waals surface area contributed by atoms with E-state index in [2.05, 4.69) is 43.3 Å². The summed E-state index contributed by atoms with van der Waals surface area (Å²) >= 11 is 0. The highest BCUT2D eigenvalue weighted by atomic mass is 16.6. The first-order valence-corrected chi connectivity index (χ1v) is 8.00. The Bertz CT molecular complexity index is 505. The second kappa shape index (κ2) is 5.45. The average Bonchev–Trinajstić information content (AvgIpc) is 3.04. The Balaban J connectivity index is 2.04. The molecule has 0 radical (unpaired) electrons. The summed E-state index contributed by atoms with van der Waals surface area (Å²) < 4.78 is 5.96. The molecule has 2 fully saturated rings. The maximum absolute atomic E-state index is 12.2. The molecule has 1 aromatic rings. The van der Waals surface area contributed by atoms with Crippen molar-refractivity contribution >= 4 is 5.97 Å². The fourth-order valence-corrected chi connectivity index (χ4v) is 4.28. The number of hydrogen-bond acceptors (Lipinski definition) is 3. The van der Waals surface area contributed by atoms with E-state index in [4.69, 9.17) is 4.74 Å². The van der Waals surface area contributed by atoms with Gasteiger partial charge in [-0.15, -0.1) is 0 Å². The van der Waals surface area contributed by atoms with Gasteiger partial charge in [-0.2, -0.15) is 0 Å². The summed E-state index contributed by atoms with van der Waals surface area (Å²) in [4.78, 5) is 14.4. The minimum atomic E-state index is -0.262. The van der Waals surface area contributed by atoms with Crippen LogP contribution in [0.1, 0.15) is 44.1 Å². The van der Waals surface area contributed by atoms with Gasteiger partial charge < -0.3 is 9.64 Å². The third-order valence-corrected chi connectivity index (χ3v) is 5.35. The Morgan fingerprint density at radius 1 is 1.14 bits per heavy atom. The lowest BCUT2D eigenvalue weighted by Gasteiger charge is -2.42. The molecule has 0 N–H and O–H groups in total. The van der Waals surface area contributed by atoms with E-state index in [1.807, 2.05) is 6.07 Å². The van der Waals surface area contributed by atoms with Gasteiger partial charge in [-0.05, 0) is 58.3 Å². The SMILES string of the molecule is CN(C)CCC1(c2ccccc2)CC(=O)OC12CCCC2. The van der Waals surface area contributed by atoms with E-state index >= 15 is 0 Å². The molecule has 0 bridgehead atoms. The standard InChI is InChI=1S/C18H25NO2/c1-19(2)13-12-17(15-8-4-3-5-9-15)14-16(20)21-18(17)10-6-7-11-18/h3-5,8-9H,6-7,10-14H2,1-2H3. The number of esters is 1. The van der Waals surface area contributed by atoms with Crippen LogP contribution >= 0.6 is 0 Å². The van der Waals surface area contributed by atoms with Crippen LogP contribution in [0.4, 0.5) is 0 Å². The first-order valence-electron chi connectivity index (χ1n) is 8.00. The minimum Gasteiger partial charge on any atom is -0.458 e. The van der Waals surface area contributed by atoms with Crippen LogP contribution in [0.5, 0.6) is 0 Å². The molecule has 0 aromatic heterocycles. The van der Waals surface area contributed by atoms with Crippen LogP contribution < -0.4 is 0 Å². The topological polar surface area (TPSA) is 29.5 Å². The summed E-state index contributed by atoms with van der Waals surface area (Å²) in [6.45, 7) is 0.979. The highest BCUT2D eigenvalue weighted by Gasteiger charge is 2.61. The zero-order chi connectivity index (χ0) is 14.9. The third-order valence-electron chi connectivity index (χ3n) is 5.35. The van der Waals surface area contributed by atoms with Gasteiger partial charge in [0.15, 0.2) is 0 Å². The van der Waals surface area contributed by atoms with Crippen LogP contribution in [0.3, 0.4) is 0 Å². The fraction of sp³-hybridized carbons (Fsp3) is 0.611. The molecule has 2 aliphatic rings. The Hall–Kier alpha value is -1.35. The summed E-state index contributed by atoms with van der Waals surface area (Å²) in [5.41, 5.74) is 0.868. The van der Waals surface area contributed by atoms with E-state index in [1.165, 1.54) is 18.4 Å². The first kappa shape index (κ1) is 14.6. The number of nitrogens with zero attached hydrogens (tertiary/aromatic N) is 1. The van der Waals surface area contributed by atoms with Crippen molar-refractivity contribution in [1.82, 2.24) is 4.90 Å². The molecule has 3 nitrogen and oxygen atoms in total. The molecule has 1 saturated carbocycles. The quantitative estimate of drug-likeness (QED) is 0.797. The Morgan fingerprint density at radius 2 is 1.81 bits per heavy atom. The highest BCUT2D eigenvalue weighted by molar-refractivity contribution is 5.76. The van der Waals surface area contributed by atoms with Gasteiger partial charge in [-0.1, -0.05) is 30.3 Å². The minimum absolute atomic E-state index is 0.0143. The van der Waals surface area contributed by atoms with Crippen molar-refractivity contribution in [3.63, 3.8) is 0 Å². The first-order chi connectivity index (χ1) is 10.1. The molecule has 1 atom stereocenters. The summed E-state index contributed by atoms with van der Waals surface area (Å²) in [5, 5.41) is 0. The normalized spacial score (nSPS) is 27.5. The zero-order valence-electron chi connectivity index (χ0n) is 13.1. The van der Waals surface area contributed by atoms with Crippen LogP contribution in [0.15, 0.2) is 30.3 Å². The van der Waals surface area contributed by atoms with Crippen LogP contribution in [-0.4, -0.2) is 37.1 Å². The number of rotatable bonds is 4. The van der Waals surface area contributed by atoms with E-state index in [0.29, 0.717) is 6.42 Å². The van der Waals surface area contributed by atoms with Gasteiger partial charge in [0.1, 0.15) is 5.60 Å². The lowest BCUT2D eigenvalue weighted by Crippen LogP contribution is -2.48. The molecule has 1 heterocycles. The molecule has 1 spiro atoms. The van der Waals surface area contributed by atoms with Crippen molar-refractivity contribution in [1.29, 1.82) is 0 Å². The summed E-state index contributed by atoms with van der Waals surface area (Å²) in [6, 6.07) is 10.6. The third kappa shape index (κ3) is 2.38. The largest absolute Gasteiger partial charge is 0.458 e. The summed E-state index contributed by atoms with van der Waals surface area (Å²) in [7, 11) is 4.19. The van der Waals surface area contributed by atoms with Crippen LogP contribution in [0, 0.1) is 0 Å².